The Morgan fingerprint density at radius 1 is 1.06 bits per heavy atom. The predicted octanol–water partition coefficient (Wildman–Crippen LogP) is 2.47. The van der Waals surface area contributed by atoms with Crippen molar-refractivity contribution in [3.63, 3.8) is 0 Å². The lowest BCUT2D eigenvalue weighted by molar-refractivity contribution is 0.281. The summed E-state index contributed by atoms with van der Waals surface area (Å²) in [6, 6.07) is 4.29. The van der Waals surface area contributed by atoms with Crippen molar-refractivity contribution in [1.29, 1.82) is 0 Å². The van der Waals surface area contributed by atoms with Gasteiger partial charge in [-0.2, -0.15) is 0 Å². The molecule has 17 heavy (non-hydrogen) atoms. The molecule has 0 bridgehead atoms. The second-order valence-corrected chi connectivity index (χ2v) is 4.42. The van der Waals surface area contributed by atoms with Gasteiger partial charge in [0, 0.05) is 13.1 Å². The fourth-order valence-electron chi connectivity index (χ4n) is 2.24. The Kier molecular flexibility index (Phi) is 3.89. The summed E-state index contributed by atoms with van der Waals surface area (Å²) in [7, 11) is 2.15. The van der Waals surface area contributed by atoms with E-state index in [1.54, 1.807) is 0 Å². The number of ether oxygens (including phenoxy) is 2. The molecule has 0 saturated heterocycles. The van der Waals surface area contributed by atoms with Crippen molar-refractivity contribution in [2.24, 2.45) is 0 Å². The van der Waals surface area contributed by atoms with Crippen LogP contribution in [0.3, 0.4) is 0 Å². The fraction of sp³-hybridized carbons (Fsp3) is 0.571. The summed E-state index contributed by atoms with van der Waals surface area (Å²) in [4.78, 5) is 2.33. The van der Waals surface area contributed by atoms with Gasteiger partial charge >= 0.3 is 0 Å². The van der Waals surface area contributed by atoms with Crippen LogP contribution in [0.4, 0.5) is 0 Å². The summed E-state index contributed by atoms with van der Waals surface area (Å²) >= 11 is 0. The van der Waals surface area contributed by atoms with Crippen molar-refractivity contribution in [3.8, 4) is 11.5 Å². The average molecular weight is 235 g/mol. The van der Waals surface area contributed by atoms with Crippen LogP contribution in [0.5, 0.6) is 11.5 Å². The van der Waals surface area contributed by atoms with E-state index in [4.69, 9.17) is 9.47 Å². The molecule has 0 N–H and O–H groups in total. The number of likely N-dealkylation sites (N-methyl/N-ethyl adjacent to an activating group) is 1. The molecule has 3 heteroatoms. The number of rotatable bonds is 4. The second kappa shape index (κ2) is 5.41. The van der Waals surface area contributed by atoms with Gasteiger partial charge in [0.15, 0.2) is 11.5 Å². The molecule has 3 nitrogen and oxygen atoms in total. The van der Waals surface area contributed by atoms with Gasteiger partial charge in [0.1, 0.15) is 0 Å². The van der Waals surface area contributed by atoms with Gasteiger partial charge < -0.3 is 14.4 Å². The Morgan fingerprint density at radius 2 is 1.65 bits per heavy atom. The molecule has 1 aliphatic heterocycles. The van der Waals surface area contributed by atoms with Crippen molar-refractivity contribution < 1.29 is 9.47 Å². The van der Waals surface area contributed by atoms with E-state index in [-0.39, 0.29) is 0 Å². The predicted molar refractivity (Wildman–Crippen MR) is 68.8 cm³/mol. The van der Waals surface area contributed by atoms with E-state index >= 15 is 0 Å². The molecule has 1 aromatic rings. The second-order valence-electron chi connectivity index (χ2n) is 4.42. The van der Waals surface area contributed by atoms with Crippen LogP contribution in [0.25, 0.3) is 0 Å². The molecular formula is C14H21NO2. The highest BCUT2D eigenvalue weighted by Gasteiger charge is 2.17. The highest BCUT2D eigenvalue weighted by atomic mass is 16.5. The van der Waals surface area contributed by atoms with E-state index in [1.807, 2.05) is 13.8 Å². The van der Waals surface area contributed by atoms with Gasteiger partial charge in [0.05, 0.1) is 13.2 Å². The van der Waals surface area contributed by atoms with Crippen LogP contribution in [-0.2, 0) is 13.0 Å². The van der Waals surface area contributed by atoms with E-state index in [1.165, 1.54) is 11.1 Å². The maximum absolute atomic E-state index is 5.65. The number of nitrogens with zero attached hydrogens (tertiary/aromatic N) is 1. The minimum Gasteiger partial charge on any atom is -0.490 e. The monoisotopic (exact) mass is 235 g/mol. The van der Waals surface area contributed by atoms with Crippen molar-refractivity contribution in [2.75, 3.05) is 26.8 Å². The Hall–Kier alpha value is -1.22. The van der Waals surface area contributed by atoms with Gasteiger partial charge in [0.25, 0.3) is 0 Å². The molecule has 0 unspecified atom stereocenters. The van der Waals surface area contributed by atoms with E-state index in [2.05, 4.69) is 24.1 Å². The zero-order chi connectivity index (χ0) is 12.3. The minimum atomic E-state index is 0.675. The third-order valence-electron chi connectivity index (χ3n) is 3.07. The topological polar surface area (TPSA) is 21.7 Å². The summed E-state index contributed by atoms with van der Waals surface area (Å²) in [5.41, 5.74) is 2.76. The quantitative estimate of drug-likeness (QED) is 0.800. The smallest absolute Gasteiger partial charge is 0.161 e. The molecular weight excluding hydrogens is 214 g/mol. The molecule has 0 radical (unpaired) electrons. The van der Waals surface area contributed by atoms with Crippen LogP contribution in [-0.4, -0.2) is 31.7 Å². The average Bonchev–Trinajstić information content (AvgIpc) is 2.31. The number of fused-ring (bicyclic) bond motifs is 1. The third kappa shape index (κ3) is 2.72. The summed E-state index contributed by atoms with van der Waals surface area (Å²) in [6.45, 7) is 7.48. The first kappa shape index (κ1) is 12.2. The first-order chi connectivity index (χ1) is 8.24. The number of hydrogen-bond acceptors (Lipinski definition) is 3. The Bertz CT molecular complexity index is 390. The van der Waals surface area contributed by atoms with E-state index in [0.29, 0.717) is 13.2 Å². The maximum Gasteiger partial charge on any atom is 0.161 e. The summed E-state index contributed by atoms with van der Waals surface area (Å²) in [5.74, 6) is 1.76. The van der Waals surface area contributed by atoms with Crippen molar-refractivity contribution in [2.45, 2.75) is 26.8 Å². The van der Waals surface area contributed by atoms with E-state index in [9.17, 15) is 0 Å². The first-order valence-electron chi connectivity index (χ1n) is 6.34. The third-order valence-corrected chi connectivity index (χ3v) is 3.07. The highest BCUT2D eigenvalue weighted by Crippen LogP contribution is 2.33. The van der Waals surface area contributed by atoms with Crippen molar-refractivity contribution in [3.05, 3.63) is 23.3 Å². The zero-order valence-electron chi connectivity index (χ0n) is 11.0. The van der Waals surface area contributed by atoms with Gasteiger partial charge in [-0.05, 0) is 50.6 Å². The molecule has 0 spiro atoms. The molecule has 0 saturated carbocycles. The van der Waals surface area contributed by atoms with Gasteiger partial charge in [0.2, 0.25) is 0 Å². The molecule has 1 aromatic carbocycles. The molecule has 94 valence electrons. The van der Waals surface area contributed by atoms with Crippen LogP contribution in [0.2, 0.25) is 0 Å². The molecule has 0 fully saturated rings. The van der Waals surface area contributed by atoms with Crippen LogP contribution in [0.1, 0.15) is 25.0 Å². The van der Waals surface area contributed by atoms with Crippen molar-refractivity contribution in [1.82, 2.24) is 4.90 Å². The van der Waals surface area contributed by atoms with Gasteiger partial charge in [-0.15, -0.1) is 0 Å². The van der Waals surface area contributed by atoms with Gasteiger partial charge in [-0.3, -0.25) is 0 Å². The summed E-state index contributed by atoms with van der Waals surface area (Å²) in [5, 5.41) is 0. The lowest BCUT2D eigenvalue weighted by Gasteiger charge is -2.26. The van der Waals surface area contributed by atoms with Gasteiger partial charge in [-0.25, -0.2) is 0 Å². The summed E-state index contributed by atoms with van der Waals surface area (Å²) in [6.07, 6.45) is 1.10. The molecule has 0 aromatic heterocycles. The lowest BCUT2D eigenvalue weighted by atomic mass is 9.99. The number of hydrogen-bond donors (Lipinski definition) is 0. The standard InChI is InChI=1S/C14H21NO2/c1-4-16-13-8-11-6-7-15(3)10-12(11)9-14(13)17-5-2/h8-9H,4-7,10H2,1-3H3. The van der Waals surface area contributed by atoms with Gasteiger partial charge in [-0.1, -0.05) is 0 Å². The minimum absolute atomic E-state index is 0.675. The van der Waals surface area contributed by atoms with Crippen LogP contribution in [0, 0.1) is 0 Å². The largest absolute Gasteiger partial charge is 0.490 e. The molecule has 0 aliphatic carbocycles. The van der Waals surface area contributed by atoms with Crippen LogP contribution < -0.4 is 9.47 Å². The lowest BCUT2D eigenvalue weighted by Crippen LogP contribution is -2.26. The van der Waals surface area contributed by atoms with E-state index < -0.39 is 0 Å². The SMILES string of the molecule is CCOc1cc2c(cc1OCC)CN(C)CC2. The van der Waals surface area contributed by atoms with Crippen LogP contribution >= 0.6 is 0 Å². The van der Waals surface area contributed by atoms with Crippen LogP contribution in [0.15, 0.2) is 12.1 Å². The molecule has 2 rings (SSSR count). The molecule has 0 amide bonds. The zero-order valence-corrected chi connectivity index (χ0v) is 11.0. The Balaban J connectivity index is 2.33. The molecule has 0 atom stereocenters. The number of benzene rings is 1. The first-order valence-corrected chi connectivity index (χ1v) is 6.34. The normalized spacial score (nSPS) is 15.5. The molecule has 1 heterocycles. The van der Waals surface area contributed by atoms with E-state index in [0.717, 1.165) is 31.0 Å². The highest BCUT2D eigenvalue weighted by molar-refractivity contribution is 5.48. The maximum atomic E-state index is 5.65. The Labute approximate surface area is 103 Å². The van der Waals surface area contributed by atoms with Crippen molar-refractivity contribution >= 4 is 0 Å². The fourth-order valence-corrected chi connectivity index (χ4v) is 2.24. The summed E-state index contributed by atoms with van der Waals surface area (Å²) < 4.78 is 11.3. The molecule has 1 aliphatic rings. The Morgan fingerprint density at radius 3 is 2.24 bits per heavy atom.